The standard InChI is InChI=1S/C14H13N3OS/c1-2-10-5-3-4-6-11(10)16-13(18)12-9-19-14-15-7-8-17(12)14/h3-9H,2H2,1H3,(H,16,18). The van der Waals surface area contributed by atoms with Gasteiger partial charge in [0.15, 0.2) is 4.96 Å². The number of aryl methyl sites for hydroxylation is 1. The van der Waals surface area contributed by atoms with Crippen LogP contribution in [0.5, 0.6) is 0 Å². The summed E-state index contributed by atoms with van der Waals surface area (Å²) < 4.78 is 1.80. The van der Waals surface area contributed by atoms with Crippen LogP contribution in [0, 0.1) is 0 Å². The van der Waals surface area contributed by atoms with E-state index in [9.17, 15) is 4.79 Å². The molecule has 96 valence electrons. The van der Waals surface area contributed by atoms with Crippen LogP contribution in [0.15, 0.2) is 42.0 Å². The van der Waals surface area contributed by atoms with Gasteiger partial charge in [0.05, 0.1) is 0 Å². The molecule has 0 saturated heterocycles. The second kappa shape index (κ2) is 4.85. The van der Waals surface area contributed by atoms with Gasteiger partial charge in [-0.2, -0.15) is 0 Å². The van der Waals surface area contributed by atoms with Gasteiger partial charge in [0.25, 0.3) is 5.91 Å². The molecule has 5 heteroatoms. The molecule has 3 aromatic rings. The summed E-state index contributed by atoms with van der Waals surface area (Å²) in [5.41, 5.74) is 2.62. The highest BCUT2D eigenvalue weighted by atomic mass is 32.1. The summed E-state index contributed by atoms with van der Waals surface area (Å²) in [7, 11) is 0. The van der Waals surface area contributed by atoms with Crippen molar-refractivity contribution >= 4 is 27.9 Å². The molecule has 0 atom stereocenters. The first kappa shape index (κ1) is 11.9. The highest BCUT2D eigenvalue weighted by molar-refractivity contribution is 7.15. The molecule has 1 amide bonds. The molecule has 0 aliphatic carbocycles. The topological polar surface area (TPSA) is 46.4 Å². The van der Waals surface area contributed by atoms with E-state index >= 15 is 0 Å². The Morgan fingerprint density at radius 3 is 3.11 bits per heavy atom. The number of benzene rings is 1. The molecule has 0 fully saturated rings. The monoisotopic (exact) mass is 271 g/mol. The lowest BCUT2D eigenvalue weighted by molar-refractivity contribution is 0.102. The number of thiazole rings is 1. The van der Waals surface area contributed by atoms with E-state index in [0.29, 0.717) is 5.69 Å². The summed E-state index contributed by atoms with van der Waals surface area (Å²) >= 11 is 1.46. The van der Waals surface area contributed by atoms with Gasteiger partial charge in [-0.25, -0.2) is 4.98 Å². The zero-order valence-corrected chi connectivity index (χ0v) is 11.3. The molecule has 0 radical (unpaired) electrons. The van der Waals surface area contributed by atoms with Crippen molar-refractivity contribution in [2.24, 2.45) is 0 Å². The zero-order valence-electron chi connectivity index (χ0n) is 10.5. The minimum absolute atomic E-state index is 0.106. The molecule has 1 aromatic carbocycles. The second-order valence-electron chi connectivity index (χ2n) is 4.17. The minimum Gasteiger partial charge on any atom is -0.320 e. The van der Waals surface area contributed by atoms with Crippen LogP contribution in [-0.2, 0) is 6.42 Å². The van der Waals surface area contributed by atoms with E-state index in [4.69, 9.17) is 0 Å². The highest BCUT2D eigenvalue weighted by Crippen LogP contribution is 2.19. The summed E-state index contributed by atoms with van der Waals surface area (Å²) in [6, 6.07) is 7.85. The van der Waals surface area contributed by atoms with Crippen molar-refractivity contribution in [2.45, 2.75) is 13.3 Å². The van der Waals surface area contributed by atoms with Crippen LogP contribution < -0.4 is 5.32 Å². The summed E-state index contributed by atoms with van der Waals surface area (Å²) in [6.45, 7) is 2.07. The fourth-order valence-corrected chi connectivity index (χ4v) is 2.86. The van der Waals surface area contributed by atoms with E-state index < -0.39 is 0 Å². The number of aromatic nitrogens is 2. The molecule has 0 spiro atoms. The summed E-state index contributed by atoms with van der Waals surface area (Å²) in [6.07, 6.45) is 4.38. The maximum Gasteiger partial charge on any atom is 0.273 e. The molecule has 19 heavy (non-hydrogen) atoms. The lowest BCUT2D eigenvalue weighted by atomic mass is 10.1. The Bertz CT molecular complexity index is 729. The van der Waals surface area contributed by atoms with Crippen LogP contribution in [0.1, 0.15) is 23.0 Å². The van der Waals surface area contributed by atoms with Crippen LogP contribution >= 0.6 is 11.3 Å². The summed E-state index contributed by atoms with van der Waals surface area (Å²) in [5, 5.41) is 4.79. The molecule has 0 aliphatic rings. The number of carbonyl (C=O) groups excluding carboxylic acids is 1. The van der Waals surface area contributed by atoms with Crippen LogP contribution in [0.2, 0.25) is 0 Å². The lowest BCUT2D eigenvalue weighted by Gasteiger charge is -2.08. The Morgan fingerprint density at radius 1 is 1.42 bits per heavy atom. The molecule has 0 saturated carbocycles. The Kier molecular flexibility index (Phi) is 3.05. The van der Waals surface area contributed by atoms with Gasteiger partial charge in [0.2, 0.25) is 0 Å². The first-order valence-corrected chi connectivity index (χ1v) is 6.97. The van der Waals surface area contributed by atoms with Crippen molar-refractivity contribution in [3.8, 4) is 0 Å². The van der Waals surface area contributed by atoms with Crippen LogP contribution in [0.3, 0.4) is 0 Å². The molecule has 2 aromatic heterocycles. The number of rotatable bonds is 3. The third-order valence-corrected chi connectivity index (χ3v) is 3.88. The van der Waals surface area contributed by atoms with Gasteiger partial charge in [0, 0.05) is 23.5 Å². The van der Waals surface area contributed by atoms with E-state index in [-0.39, 0.29) is 5.91 Å². The largest absolute Gasteiger partial charge is 0.320 e. The van der Waals surface area contributed by atoms with E-state index in [1.807, 2.05) is 29.6 Å². The molecule has 0 unspecified atom stereocenters. The van der Waals surface area contributed by atoms with Gasteiger partial charge in [-0.3, -0.25) is 9.20 Å². The third-order valence-electron chi connectivity index (χ3n) is 3.02. The minimum atomic E-state index is -0.106. The number of imidazole rings is 1. The number of para-hydroxylation sites is 1. The van der Waals surface area contributed by atoms with Crippen molar-refractivity contribution in [1.82, 2.24) is 9.38 Å². The van der Waals surface area contributed by atoms with E-state index in [2.05, 4.69) is 17.2 Å². The van der Waals surface area contributed by atoms with Gasteiger partial charge in [-0.15, -0.1) is 11.3 Å². The zero-order chi connectivity index (χ0) is 13.2. The van der Waals surface area contributed by atoms with Crippen molar-refractivity contribution in [2.75, 3.05) is 5.32 Å². The molecular formula is C14H13N3OS. The van der Waals surface area contributed by atoms with Crippen molar-refractivity contribution < 1.29 is 4.79 Å². The number of fused-ring (bicyclic) bond motifs is 1. The van der Waals surface area contributed by atoms with E-state index in [1.54, 1.807) is 16.8 Å². The van der Waals surface area contributed by atoms with Gasteiger partial charge < -0.3 is 5.32 Å². The molecule has 0 aliphatic heterocycles. The fraction of sp³-hybridized carbons (Fsp3) is 0.143. The van der Waals surface area contributed by atoms with Crippen molar-refractivity contribution in [3.63, 3.8) is 0 Å². The quantitative estimate of drug-likeness (QED) is 0.795. The Hall–Kier alpha value is -2.14. The third kappa shape index (κ3) is 2.13. The normalized spacial score (nSPS) is 10.8. The highest BCUT2D eigenvalue weighted by Gasteiger charge is 2.13. The Morgan fingerprint density at radius 2 is 2.26 bits per heavy atom. The van der Waals surface area contributed by atoms with Gasteiger partial charge in [-0.05, 0) is 18.1 Å². The molecule has 1 N–H and O–H groups in total. The van der Waals surface area contributed by atoms with Crippen molar-refractivity contribution in [1.29, 1.82) is 0 Å². The molecule has 4 nitrogen and oxygen atoms in total. The molecule has 3 rings (SSSR count). The maximum atomic E-state index is 12.3. The predicted octanol–water partition coefficient (Wildman–Crippen LogP) is 3.21. The first-order chi connectivity index (χ1) is 9.29. The molecular weight excluding hydrogens is 258 g/mol. The summed E-state index contributed by atoms with van der Waals surface area (Å²) in [5.74, 6) is -0.106. The number of hydrogen-bond donors (Lipinski definition) is 1. The lowest BCUT2D eigenvalue weighted by Crippen LogP contribution is -2.14. The van der Waals surface area contributed by atoms with Crippen LogP contribution in [0.4, 0.5) is 5.69 Å². The molecule has 2 heterocycles. The van der Waals surface area contributed by atoms with Crippen LogP contribution in [-0.4, -0.2) is 15.3 Å². The second-order valence-corrected chi connectivity index (χ2v) is 5.00. The first-order valence-electron chi connectivity index (χ1n) is 6.09. The van der Waals surface area contributed by atoms with Gasteiger partial charge >= 0.3 is 0 Å². The number of nitrogens with one attached hydrogen (secondary N) is 1. The fourth-order valence-electron chi connectivity index (χ4n) is 2.03. The number of amides is 1. The van der Waals surface area contributed by atoms with E-state index in [0.717, 1.165) is 22.6 Å². The van der Waals surface area contributed by atoms with Crippen LogP contribution in [0.25, 0.3) is 4.96 Å². The average molecular weight is 271 g/mol. The summed E-state index contributed by atoms with van der Waals surface area (Å²) in [4.78, 5) is 17.3. The number of anilines is 1. The average Bonchev–Trinajstić information content (AvgIpc) is 3.01. The maximum absolute atomic E-state index is 12.3. The smallest absolute Gasteiger partial charge is 0.273 e. The predicted molar refractivity (Wildman–Crippen MR) is 76.8 cm³/mol. The number of hydrogen-bond acceptors (Lipinski definition) is 3. The SMILES string of the molecule is CCc1ccccc1NC(=O)c1csc2nccn12. The van der Waals surface area contributed by atoms with Gasteiger partial charge in [-0.1, -0.05) is 25.1 Å². The number of carbonyl (C=O) groups is 1. The molecule has 0 bridgehead atoms. The van der Waals surface area contributed by atoms with Gasteiger partial charge in [0.1, 0.15) is 5.69 Å². The number of nitrogens with zero attached hydrogens (tertiary/aromatic N) is 2. The Balaban J connectivity index is 1.91. The Labute approximate surface area is 114 Å². The van der Waals surface area contributed by atoms with Crippen molar-refractivity contribution in [3.05, 3.63) is 53.3 Å². The van der Waals surface area contributed by atoms with E-state index in [1.165, 1.54) is 11.3 Å².